The van der Waals surface area contributed by atoms with Crippen LogP contribution in [0.25, 0.3) is 0 Å². The fourth-order valence-electron chi connectivity index (χ4n) is 2.99. The maximum absolute atomic E-state index is 12.9. The average Bonchev–Trinajstić information content (AvgIpc) is 2.78. The molecule has 1 heterocycles. The van der Waals surface area contributed by atoms with E-state index in [4.69, 9.17) is 4.74 Å². The van der Waals surface area contributed by atoms with Gasteiger partial charge in [-0.25, -0.2) is 4.39 Å². The minimum atomic E-state index is -0.187. The van der Waals surface area contributed by atoms with E-state index in [0.717, 1.165) is 31.5 Å². The molecule has 3 rings (SSSR count). The molecule has 1 aliphatic heterocycles. The van der Waals surface area contributed by atoms with Gasteiger partial charge in [-0.05, 0) is 30.5 Å². The lowest BCUT2D eigenvalue weighted by Crippen LogP contribution is -2.49. The van der Waals surface area contributed by atoms with Gasteiger partial charge in [0.1, 0.15) is 5.82 Å². The molecule has 2 fully saturated rings. The molecule has 1 atom stereocenters. The molecule has 1 spiro atoms. The Labute approximate surface area is 101 Å². The quantitative estimate of drug-likeness (QED) is 0.808. The van der Waals surface area contributed by atoms with Crippen molar-refractivity contribution in [3.63, 3.8) is 0 Å². The molecule has 3 heteroatoms. The zero-order valence-electron chi connectivity index (χ0n) is 9.92. The minimum Gasteiger partial charge on any atom is -0.364 e. The highest BCUT2D eigenvalue weighted by atomic mass is 19.1. The molecule has 1 aromatic carbocycles. The van der Waals surface area contributed by atoms with Crippen molar-refractivity contribution in [2.45, 2.75) is 37.4 Å². The van der Waals surface area contributed by atoms with Crippen molar-refractivity contribution in [2.75, 3.05) is 13.1 Å². The van der Waals surface area contributed by atoms with Crippen LogP contribution in [0.2, 0.25) is 0 Å². The van der Waals surface area contributed by atoms with Gasteiger partial charge in [-0.15, -0.1) is 0 Å². The van der Waals surface area contributed by atoms with Gasteiger partial charge in [0.25, 0.3) is 0 Å². The second-order valence-electron chi connectivity index (χ2n) is 5.18. The van der Waals surface area contributed by atoms with Gasteiger partial charge in [0.2, 0.25) is 0 Å². The molecule has 1 saturated carbocycles. The van der Waals surface area contributed by atoms with Crippen LogP contribution < -0.4 is 5.32 Å². The van der Waals surface area contributed by atoms with Crippen molar-refractivity contribution in [3.8, 4) is 0 Å². The molecule has 2 nitrogen and oxygen atoms in total. The molecule has 17 heavy (non-hydrogen) atoms. The molecule has 1 aromatic rings. The first-order chi connectivity index (χ1) is 8.27. The maximum atomic E-state index is 12.9. The third-order valence-corrected chi connectivity index (χ3v) is 3.93. The van der Waals surface area contributed by atoms with Crippen LogP contribution in [0.3, 0.4) is 0 Å². The van der Waals surface area contributed by atoms with Gasteiger partial charge in [-0.2, -0.15) is 0 Å². The molecule has 0 amide bonds. The Bertz CT molecular complexity index is 384. The lowest BCUT2D eigenvalue weighted by molar-refractivity contribution is -0.114. The van der Waals surface area contributed by atoms with Gasteiger partial charge < -0.3 is 10.1 Å². The Balaban J connectivity index is 1.77. The molecule has 0 aromatic heterocycles. The number of morpholine rings is 1. The summed E-state index contributed by atoms with van der Waals surface area (Å²) in [5, 5.41) is 3.46. The molecular weight excluding hydrogens is 217 g/mol. The molecule has 1 aliphatic carbocycles. The third-order valence-electron chi connectivity index (χ3n) is 3.93. The van der Waals surface area contributed by atoms with Gasteiger partial charge in [0.15, 0.2) is 0 Å². The van der Waals surface area contributed by atoms with Crippen LogP contribution in [0, 0.1) is 5.82 Å². The van der Waals surface area contributed by atoms with E-state index in [-0.39, 0.29) is 17.5 Å². The van der Waals surface area contributed by atoms with E-state index < -0.39 is 0 Å². The largest absolute Gasteiger partial charge is 0.364 e. The van der Waals surface area contributed by atoms with Crippen molar-refractivity contribution in [2.24, 2.45) is 0 Å². The molecule has 0 radical (unpaired) electrons. The predicted octanol–water partition coefficient (Wildman–Crippen LogP) is 2.80. The van der Waals surface area contributed by atoms with Crippen LogP contribution in [-0.2, 0) is 4.74 Å². The molecule has 2 aliphatic rings. The number of hydrogen-bond acceptors (Lipinski definition) is 2. The summed E-state index contributed by atoms with van der Waals surface area (Å²) in [7, 11) is 0. The van der Waals surface area contributed by atoms with Crippen LogP contribution in [0.1, 0.15) is 37.4 Å². The van der Waals surface area contributed by atoms with Crippen molar-refractivity contribution in [1.29, 1.82) is 0 Å². The number of rotatable bonds is 1. The standard InChI is InChI=1S/C14H18FNO/c15-12-5-3-11(4-6-12)13-9-16-10-14(17-13)7-1-2-8-14/h3-6,13,16H,1-2,7-10H2. The van der Waals surface area contributed by atoms with Crippen molar-refractivity contribution in [3.05, 3.63) is 35.6 Å². The van der Waals surface area contributed by atoms with E-state index in [9.17, 15) is 4.39 Å². The zero-order chi connectivity index (χ0) is 11.7. The lowest BCUT2D eigenvalue weighted by atomic mass is 9.97. The van der Waals surface area contributed by atoms with Crippen LogP contribution in [0.5, 0.6) is 0 Å². The van der Waals surface area contributed by atoms with Crippen molar-refractivity contribution in [1.82, 2.24) is 5.32 Å². The van der Waals surface area contributed by atoms with Crippen LogP contribution in [0.4, 0.5) is 4.39 Å². The van der Waals surface area contributed by atoms with Crippen molar-refractivity contribution < 1.29 is 9.13 Å². The van der Waals surface area contributed by atoms with Gasteiger partial charge in [0.05, 0.1) is 11.7 Å². The molecule has 92 valence electrons. The van der Waals surface area contributed by atoms with Crippen LogP contribution in [0.15, 0.2) is 24.3 Å². The van der Waals surface area contributed by atoms with Gasteiger partial charge in [0, 0.05) is 13.1 Å². The summed E-state index contributed by atoms with van der Waals surface area (Å²) in [6.45, 7) is 1.79. The third kappa shape index (κ3) is 2.22. The number of hydrogen-bond donors (Lipinski definition) is 1. The summed E-state index contributed by atoms with van der Waals surface area (Å²) in [6.07, 6.45) is 4.90. The monoisotopic (exact) mass is 235 g/mol. The summed E-state index contributed by atoms with van der Waals surface area (Å²) in [4.78, 5) is 0. The van der Waals surface area contributed by atoms with E-state index in [1.807, 2.05) is 12.1 Å². The van der Waals surface area contributed by atoms with Gasteiger partial charge >= 0.3 is 0 Å². The first kappa shape index (κ1) is 11.2. The van der Waals surface area contributed by atoms with E-state index >= 15 is 0 Å². The summed E-state index contributed by atoms with van der Waals surface area (Å²) in [5.41, 5.74) is 1.11. The average molecular weight is 235 g/mol. The highest BCUT2D eigenvalue weighted by Gasteiger charge is 2.39. The SMILES string of the molecule is Fc1ccc(C2CNCC3(CCCC3)O2)cc1. The number of nitrogens with one attached hydrogen (secondary N) is 1. The second-order valence-corrected chi connectivity index (χ2v) is 5.18. The molecule has 0 bridgehead atoms. The number of halogens is 1. The fourth-order valence-corrected chi connectivity index (χ4v) is 2.99. The molecule has 1 saturated heterocycles. The minimum absolute atomic E-state index is 0.0390. The fraction of sp³-hybridized carbons (Fsp3) is 0.571. The smallest absolute Gasteiger partial charge is 0.123 e. The van der Waals surface area contributed by atoms with Gasteiger partial charge in [-0.1, -0.05) is 25.0 Å². The van der Waals surface area contributed by atoms with E-state index in [1.165, 1.54) is 25.0 Å². The maximum Gasteiger partial charge on any atom is 0.123 e. The topological polar surface area (TPSA) is 21.3 Å². The highest BCUT2D eigenvalue weighted by molar-refractivity contribution is 5.20. The van der Waals surface area contributed by atoms with Crippen LogP contribution >= 0.6 is 0 Å². The predicted molar refractivity (Wildman–Crippen MR) is 64.3 cm³/mol. The first-order valence-corrected chi connectivity index (χ1v) is 6.41. The molecule has 1 N–H and O–H groups in total. The van der Waals surface area contributed by atoms with Crippen LogP contribution in [-0.4, -0.2) is 18.7 Å². The van der Waals surface area contributed by atoms with Crippen molar-refractivity contribution >= 4 is 0 Å². The van der Waals surface area contributed by atoms with E-state index in [1.54, 1.807) is 0 Å². The molecular formula is C14H18FNO. The van der Waals surface area contributed by atoms with E-state index in [2.05, 4.69) is 5.32 Å². The summed E-state index contributed by atoms with van der Waals surface area (Å²) >= 11 is 0. The summed E-state index contributed by atoms with van der Waals surface area (Å²) < 4.78 is 19.2. The Hall–Kier alpha value is -0.930. The summed E-state index contributed by atoms with van der Waals surface area (Å²) in [6, 6.07) is 6.68. The zero-order valence-corrected chi connectivity index (χ0v) is 9.92. The first-order valence-electron chi connectivity index (χ1n) is 6.41. The Kier molecular flexibility index (Phi) is 2.89. The number of ether oxygens (including phenoxy) is 1. The number of benzene rings is 1. The van der Waals surface area contributed by atoms with E-state index in [0.29, 0.717) is 0 Å². The normalized spacial score (nSPS) is 27.5. The highest BCUT2D eigenvalue weighted by Crippen LogP contribution is 2.38. The Morgan fingerprint density at radius 1 is 1.18 bits per heavy atom. The lowest BCUT2D eigenvalue weighted by Gasteiger charge is -2.39. The second kappa shape index (κ2) is 4.39. The Morgan fingerprint density at radius 3 is 2.59 bits per heavy atom. The molecule has 1 unspecified atom stereocenters. The Morgan fingerprint density at radius 2 is 1.88 bits per heavy atom. The summed E-state index contributed by atoms with van der Waals surface area (Å²) in [5.74, 6) is -0.187. The van der Waals surface area contributed by atoms with Gasteiger partial charge in [-0.3, -0.25) is 0 Å².